The topological polar surface area (TPSA) is 72.8 Å². The van der Waals surface area contributed by atoms with Crippen LogP contribution in [0, 0.1) is 58.7 Å². The average molecular weight is 519 g/mol. The van der Waals surface area contributed by atoms with E-state index < -0.39 is 11.7 Å². The highest BCUT2D eigenvalue weighted by atomic mass is 16.6. The van der Waals surface area contributed by atoms with Gasteiger partial charge in [0.05, 0.1) is 24.5 Å². The van der Waals surface area contributed by atoms with Crippen molar-refractivity contribution in [3.8, 4) is 0 Å². The number of rotatable bonds is 7. The van der Waals surface area contributed by atoms with Crippen LogP contribution in [-0.4, -0.2) is 35.4 Å². The number of carbonyl (C=O) groups is 2. The predicted octanol–water partition coefficient (Wildman–Crippen LogP) is 6.80. The third-order valence-electron chi connectivity index (χ3n) is 11.3. The van der Waals surface area contributed by atoms with E-state index in [1.807, 2.05) is 20.8 Å². The summed E-state index contributed by atoms with van der Waals surface area (Å²) in [6.07, 6.45) is 10.4. The van der Waals surface area contributed by atoms with Gasteiger partial charge in [-0.1, -0.05) is 53.4 Å². The Labute approximate surface area is 225 Å². The minimum absolute atomic E-state index is 0.0446. The molecule has 5 rings (SSSR count). The molecule has 0 aromatic rings. The molecule has 4 saturated carbocycles. The fourth-order valence-corrected chi connectivity index (χ4v) is 10.2. The molecular weight excluding hydrogens is 464 g/mol. The van der Waals surface area contributed by atoms with Gasteiger partial charge in [0.15, 0.2) is 0 Å². The number of cyclic esters (lactones) is 1. The molecule has 11 atom stereocenters. The van der Waals surface area contributed by atoms with Gasteiger partial charge in [0.25, 0.3) is 0 Å². The zero-order valence-corrected chi connectivity index (χ0v) is 24.6. The largest absolute Gasteiger partial charge is 0.465 e. The van der Waals surface area contributed by atoms with Crippen LogP contribution < -0.4 is 0 Å². The van der Waals surface area contributed by atoms with Crippen molar-refractivity contribution in [2.45, 2.75) is 124 Å². The molecule has 5 nitrogen and oxygen atoms in total. The fourth-order valence-electron chi connectivity index (χ4n) is 10.2. The molecule has 0 radical (unpaired) electrons. The van der Waals surface area contributed by atoms with Gasteiger partial charge in [0.1, 0.15) is 5.60 Å². The van der Waals surface area contributed by atoms with E-state index in [0.717, 1.165) is 54.8 Å². The second kappa shape index (κ2) is 11.2. The Bertz CT molecular complexity index is 816. The quantitative estimate of drug-likeness (QED) is 0.375. The van der Waals surface area contributed by atoms with Crippen LogP contribution in [0.2, 0.25) is 0 Å². The molecule has 4 bridgehead atoms. The van der Waals surface area contributed by atoms with Gasteiger partial charge in [-0.2, -0.15) is 0 Å². The van der Waals surface area contributed by atoms with Crippen LogP contribution in [0.3, 0.4) is 0 Å². The van der Waals surface area contributed by atoms with Crippen molar-refractivity contribution < 1.29 is 24.2 Å². The number of fused-ring (bicyclic) bond motifs is 5. The zero-order valence-electron chi connectivity index (χ0n) is 24.6. The van der Waals surface area contributed by atoms with Crippen molar-refractivity contribution in [3.63, 3.8) is 0 Å². The highest BCUT2D eigenvalue weighted by Gasteiger charge is 2.64. The Balaban J connectivity index is 0.000000179. The van der Waals surface area contributed by atoms with Crippen molar-refractivity contribution in [2.75, 3.05) is 6.61 Å². The van der Waals surface area contributed by atoms with Crippen LogP contribution in [0.5, 0.6) is 0 Å². The second-order valence-electron chi connectivity index (χ2n) is 14.1. The molecule has 11 unspecified atom stereocenters. The summed E-state index contributed by atoms with van der Waals surface area (Å²) in [4.78, 5) is 23.9. The lowest BCUT2D eigenvalue weighted by Crippen LogP contribution is -2.40. The summed E-state index contributed by atoms with van der Waals surface area (Å²) in [5.74, 6) is 6.25. The fraction of sp³-hybridized carbons (Fsp3) is 0.938. The first-order valence-electron chi connectivity index (χ1n) is 15.6. The van der Waals surface area contributed by atoms with Crippen molar-refractivity contribution in [3.05, 3.63) is 0 Å². The number of hydrogen-bond acceptors (Lipinski definition) is 5. The van der Waals surface area contributed by atoms with Crippen molar-refractivity contribution >= 4 is 11.9 Å². The molecule has 0 aromatic heterocycles. The summed E-state index contributed by atoms with van der Waals surface area (Å²) in [6.45, 7) is 15.5. The van der Waals surface area contributed by atoms with Gasteiger partial charge in [-0.25, -0.2) is 0 Å². The highest BCUT2D eigenvalue weighted by Crippen LogP contribution is 2.65. The van der Waals surface area contributed by atoms with Crippen LogP contribution in [0.25, 0.3) is 0 Å². The molecule has 4 aliphatic carbocycles. The van der Waals surface area contributed by atoms with E-state index in [1.54, 1.807) is 0 Å². The molecule has 5 heteroatoms. The Hall–Kier alpha value is -1.10. The Morgan fingerprint density at radius 3 is 2.14 bits per heavy atom. The normalized spacial score (nSPS) is 42.6. The molecule has 0 aromatic carbocycles. The first kappa shape index (κ1) is 28.9. The van der Waals surface area contributed by atoms with E-state index in [2.05, 4.69) is 27.7 Å². The van der Waals surface area contributed by atoms with Crippen molar-refractivity contribution in [1.82, 2.24) is 0 Å². The standard InChI is InChI=1S/C18H32O3.C14H22O2/c1-6-12-11-8-14(13(12)7-2)15(9-11)16(19)10-17(20)21-18(3,4)5;1-3-10-9-7-12(11(10)4-2)14(8-9)5-6-16-13(14)15/h11-16,19H,6-10H2,1-5H3;9-12H,3-8H2,1-2H3. The third-order valence-corrected chi connectivity index (χ3v) is 11.3. The summed E-state index contributed by atoms with van der Waals surface area (Å²) in [5, 5.41) is 10.5. The summed E-state index contributed by atoms with van der Waals surface area (Å²) >= 11 is 0. The third kappa shape index (κ3) is 5.37. The molecule has 5 fully saturated rings. The lowest BCUT2D eigenvalue weighted by atomic mass is 9.63. The summed E-state index contributed by atoms with van der Waals surface area (Å²) in [7, 11) is 0. The number of aliphatic hydroxyl groups is 1. The number of carbonyl (C=O) groups excluding carboxylic acids is 2. The highest BCUT2D eigenvalue weighted by molar-refractivity contribution is 5.80. The maximum atomic E-state index is 12.0. The minimum Gasteiger partial charge on any atom is -0.465 e. The van der Waals surface area contributed by atoms with Gasteiger partial charge in [-0.05, 0) is 106 Å². The molecule has 5 aliphatic rings. The maximum Gasteiger partial charge on any atom is 0.312 e. The summed E-state index contributed by atoms with van der Waals surface area (Å²) in [5.41, 5.74) is -0.512. The Kier molecular flexibility index (Phi) is 8.73. The molecule has 1 aliphatic heterocycles. The van der Waals surface area contributed by atoms with Crippen LogP contribution in [-0.2, 0) is 19.1 Å². The van der Waals surface area contributed by atoms with Gasteiger partial charge in [-0.3, -0.25) is 9.59 Å². The molecule has 212 valence electrons. The van der Waals surface area contributed by atoms with Gasteiger partial charge in [0, 0.05) is 0 Å². The monoisotopic (exact) mass is 518 g/mol. The Morgan fingerprint density at radius 1 is 0.973 bits per heavy atom. The van der Waals surface area contributed by atoms with Crippen molar-refractivity contribution in [1.29, 1.82) is 0 Å². The molecule has 1 spiro atoms. The first-order chi connectivity index (χ1) is 17.5. The van der Waals surface area contributed by atoms with E-state index in [-0.39, 0.29) is 23.8 Å². The minimum atomic E-state index is -0.526. The summed E-state index contributed by atoms with van der Waals surface area (Å²) < 4.78 is 10.6. The molecule has 1 saturated heterocycles. The van der Waals surface area contributed by atoms with Crippen LogP contribution in [0.4, 0.5) is 0 Å². The maximum absolute atomic E-state index is 12.0. The number of ether oxygens (including phenoxy) is 2. The van der Waals surface area contributed by atoms with Gasteiger partial charge < -0.3 is 14.6 Å². The van der Waals surface area contributed by atoms with Crippen LogP contribution in [0.15, 0.2) is 0 Å². The zero-order chi connectivity index (χ0) is 27.1. The van der Waals surface area contributed by atoms with Gasteiger partial charge >= 0.3 is 11.9 Å². The second-order valence-corrected chi connectivity index (χ2v) is 14.1. The van der Waals surface area contributed by atoms with E-state index in [1.165, 1.54) is 38.5 Å². The lowest BCUT2D eigenvalue weighted by Gasteiger charge is -2.39. The summed E-state index contributed by atoms with van der Waals surface area (Å²) in [6, 6.07) is 0. The van der Waals surface area contributed by atoms with E-state index in [9.17, 15) is 14.7 Å². The van der Waals surface area contributed by atoms with Crippen LogP contribution in [0.1, 0.15) is 113 Å². The van der Waals surface area contributed by atoms with Crippen molar-refractivity contribution in [2.24, 2.45) is 58.7 Å². The average Bonchev–Trinajstić information content (AvgIpc) is 3.64. The molecule has 0 amide bonds. The number of hydrogen-bond donors (Lipinski definition) is 1. The van der Waals surface area contributed by atoms with E-state index in [0.29, 0.717) is 24.4 Å². The van der Waals surface area contributed by atoms with E-state index in [4.69, 9.17) is 9.47 Å². The first-order valence-corrected chi connectivity index (χ1v) is 15.6. The lowest BCUT2D eigenvalue weighted by molar-refractivity contribution is -0.158. The SMILES string of the molecule is CCC1C2CC(C(O)CC(=O)OC(C)(C)C)C(C2)C1CC.CCC1C2CC(C1CC)C1(CCOC1=O)C2. The molecule has 1 N–H and O–H groups in total. The molecule has 1 heterocycles. The van der Waals surface area contributed by atoms with E-state index >= 15 is 0 Å². The van der Waals surface area contributed by atoms with Gasteiger partial charge in [0.2, 0.25) is 0 Å². The smallest absolute Gasteiger partial charge is 0.312 e. The predicted molar refractivity (Wildman–Crippen MR) is 146 cm³/mol. The Morgan fingerprint density at radius 2 is 1.59 bits per heavy atom. The molecular formula is C32H54O5. The molecule has 37 heavy (non-hydrogen) atoms. The van der Waals surface area contributed by atoms with Gasteiger partial charge in [-0.15, -0.1) is 0 Å². The number of esters is 2. The number of aliphatic hydroxyl groups excluding tert-OH is 1. The van der Waals surface area contributed by atoms with Crippen LogP contribution >= 0.6 is 0 Å².